The number of amides is 1. The van der Waals surface area contributed by atoms with Crippen molar-refractivity contribution in [2.24, 2.45) is 0 Å². The maximum Gasteiger partial charge on any atom is 0.225 e. The van der Waals surface area contributed by atoms with Gasteiger partial charge in [0.25, 0.3) is 0 Å². The fraction of sp³-hybridized carbons (Fsp3) is 0.188. The molecule has 0 aromatic heterocycles. The highest BCUT2D eigenvalue weighted by atomic mass is 35.5. The first-order valence-electron chi connectivity index (χ1n) is 6.35. The van der Waals surface area contributed by atoms with Gasteiger partial charge in [-0.1, -0.05) is 48.0 Å². The van der Waals surface area contributed by atoms with Crippen LogP contribution in [0.4, 0.5) is 4.39 Å². The monoisotopic (exact) mass is 291 g/mol. The van der Waals surface area contributed by atoms with Crippen LogP contribution in [0.3, 0.4) is 0 Å². The van der Waals surface area contributed by atoms with Crippen LogP contribution in [0.5, 0.6) is 0 Å². The summed E-state index contributed by atoms with van der Waals surface area (Å²) in [7, 11) is 0. The molecule has 2 aromatic carbocycles. The van der Waals surface area contributed by atoms with E-state index in [1.54, 1.807) is 24.3 Å². The van der Waals surface area contributed by atoms with E-state index in [0.29, 0.717) is 10.6 Å². The molecule has 1 N–H and O–H groups in total. The third-order valence-corrected chi connectivity index (χ3v) is 3.40. The zero-order chi connectivity index (χ0) is 14.5. The molecule has 0 aliphatic heterocycles. The first kappa shape index (κ1) is 14.5. The number of benzene rings is 2. The van der Waals surface area contributed by atoms with E-state index < -0.39 is 0 Å². The molecule has 1 atom stereocenters. The summed E-state index contributed by atoms with van der Waals surface area (Å²) in [4.78, 5) is 11.9. The molecular formula is C16H15ClFNO. The van der Waals surface area contributed by atoms with E-state index in [-0.39, 0.29) is 24.2 Å². The van der Waals surface area contributed by atoms with E-state index in [9.17, 15) is 9.18 Å². The van der Waals surface area contributed by atoms with Gasteiger partial charge in [0.1, 0.15) is 5.82 Å². The minimum Gasteiger partial charge on any atom is -0.349 e. The molecule has 2 aromatic rings. The van der Waals surface area contributed by atoms with E-state index in [4.69, 9.17) is 11.6 Å². The van der Waals surface area contributed by atoms with Gasteiger partial charge in [-0.25, -0.2) is 4.39 Å². The van der Waals surface area contributed by atoms with Crippen molar-refractivity contribution in [3.05, 3.63) is 70.5 Å². The molecule has 0 saturated heterocycles. The zero-order valence-electron chi connectivity index (χ0n) is 11.1. The second kappa shape index (κ2) is 6.53. The highest BCUT2D eigenvalue weighted by molar-refractivity contribution is 6.31. The predicted octanol–water partition coefficient (Wildman–Crippen LogP) is 3.90. The SMILES string of the molecule is C[C@H](NC(=O)Cc1ccccc1F)c1ccccc1Cl. The summed E-state index contributed by atoms with van der Waals surface area (Å²) in [5, 5.41) is 3.43. The number of nitrogens with one attached hydrogen (secondary N) is 1. The number of rotatable bonds is 4. The Morgan fingerprint density at radius 3 is 2.55 bits per heavy atom. The molecular weight excluding hydrogens is 277 g/mol. The molecule has 0 spiro atoms. The van der Waals surface area contributed by atoms with Gasteiger partial charge in [-0.15, -0.1) is 0 Å². The molecule has 1 amide bonds. The molecule has 0 radical (unpaired) electrons. The minimum atomic E-state index is -0.368. The lowest BCUT2D eigenvalue weighted by Gasteiger charge is -2.15. The third-order valence-electron chi connectivity index (χ3n) is 3.06. The van der Waals surface area contributed by atoms with Crippen LogP contribution in [0.25, 0.3) is 0 Å². The molecule has 0 saturated carbocycles. The van der Waals surface area contributed by atoms with E-state index in [1.807, 2.05) is 25.1 Å². The zero-order valence-corrected chi connectivity index (χ0v) is 11.8. The van der Waals surface area contributed by atoms with Gasteiger partial charge in [-0.05, 0) is 30.2 Å². The van der Waals surface area contributed by atoms with Crippen molar-refractivity contribution in [1.29, 1.82) is 0 Å². The van der Waals surface area contributed by atoms with E-state index in [0.717, 1.165) is 5.56 Å². The molecule has 0 fully saturated rings. The highest BCUT2D eigenvalue weighted by Gasteiger charge is 2.13. The van der Waals surface area contributed by atoms with Gasteiger partial charge in [0.05, 0.1) is 12.5 Å². The Bertz CT molecular complexity index is 615. The van der Waals surface area contributed by atoms with Crippen molar-refractivity contribution in [2.75, 3.05) is 0 Å². The van der Waals surface area contributed by atoms with E-state index in [2.05, 4.69) is 5.32 Å². The average Bonchev–Trinajstić information content (AvgIpc) is 2.41. The lowest BCUT2D eigenvalue weighted by molar-refractivity contribution is -0.121. The Labute approximate surface area is 122 Å². The van der Waals surface area contributed by atoms with Gasteiger partial charge in [0.15, 0.2) is 0 Å². The summed E-state index contributed by atoms with van der Waals surface area (Å²) in [6, 6.07) is 13.4. The van der Waals surface area contributed by atoms with E-state index >= 15 is 0 Å². The standard InChI is InChI=1S/C16H15ClFNO/c1-11(13-7-3-4-8-14(13)17)19-16(20)10-12-6-2-5-9-15(12)18/h2-9,11H,10H2,1H3,(H,19,20)/t11-/m0/s1. The van der Waals surface area contributed by atoms with Crippen molar-refractivity contribution < 1.29 is 9.18 Å². The molecule has 0 aliphatic rings. The number of carbonyl (C=O) groups excluding carboxylic acids is 1. The second-order valence-corrected chi connectivity index (χ2v) is 4.99. The van der Waals surface area contributed by atoms with Gasteiger partial charge in [0.2, 0.25) is 5.91 Å². The molecule has 0 unspecified atom stereocenters. The summed E-state index contributed by atoms with van der Waals surface area (Å²) < 4.78 is 13.5. The van der Waals surface area contributed by atoms with Gasteiger partial charge in [-0.2, -0.15) is 0 Å². The smallest absolute Gasteiger partial charge is 0.225 e. The molecule has 0 aliphatic carbocycles. The Morgan fingerprint density at radius 2 is 1.85 bits per heavy atom. The first-order chi connectivity index (χ1) is 9.58. The van der Waals surface area contributed by atoms with Gasteiger partial charge < -0.3 is 5.32 Å². The fourth-order valence-corrected chi connectivity index (χ4v) is 2.31. The van der Waals surface area contributed by atoms with Crippen molar-refractivity contribution in [1.82, 2.24) is 5.32 Å². The van der Waals surface area contributed by atoms with Crippen molar-refractivity contribution in [2.45, 2.75) is 19.4 Å². The molecule has 2 rings (SSSR count). The summed E-state index contributed by atoms with van der Waals surface area (Å²) in [6.07, 6.45) is 0.0153. The molecule has 20 heavy (non-hydrogen) atoms. The minimum absolute atomic E-state index is 0.0153. The Morgan fingerprint density at radius 1 is 1.20 bits per heavy atom. The van der Waals surface area contributed by atoms with E-state index in [1.165, 1.54) is 6.07 Å². The summed E-state index contributed by atoms with van der Waals surface area (Å²) in [6.45, 7) is 1.85. The lowest BCUT2D eigenvalue weighted by Crippen LogP contribution is -2.28. The molecule has 4 heteroatoms. The number of carbonyl (C=O) groups is 1. The van der Waals surface area contributed by atoms with Crippen LogP contribution in [0, 0.1) is 5.82 Å². The van der Waals surface area contributed by atoms with Gasteiger partial charge in [0, 0.05) is 5.02 Å². The second-order valence-electron chi connectivity index (χ2n) is 4.58. The van der Waals surface area contributed by atoms with Crippen molar-refractivity contribution >= 4 is 17.5 Å². The molecule has 2 nitrogen and oxygen atoms in total. The Balaban J connectivity index is 2.02. The Hall–Kier alpha value is -1.87. The van der Waals surface area contributed by atoms with Crippen LogP contribution < -0.4 is 5.32 Å². The summed E-state index contributed by atoms with van der Waals surface area (Å²) >= 11 is 6.08. The predicted molar refractivity (Wildman–Crippen MR) is 78.1 cm³/mol. The highest BCUT2D eigenvalue weighted by Crippen LogP contribution is 2.22. The van der Waals surface area contributed by atoms with Gasteiger partial charge >= 0.3 is 0 Å². The number of hydrogen-bond donors (Lipinski definition) is 1. The third kappa shape index (κ3) is 3.58. The summed E-state index contributed by atoms with van der Waals surface area (Å²) in [5.74, 6) is -0.601. The number of hydrogen-bond acceptors (Lipinski definition) is 1. The van der Waals surface area contributed by atoms with Crippen LogP contribution in [0.2, 0.25) is 5.02 Å². The molecule has 0 bridgehead atoms. The number of halogens is 2. The maximum atomic E-state index is 13.5. The average molecular weight is 292 g/mol. The summed E-state index contributed by atoms with van der Waals surface area (Å²) in [5.41, 5.74) is 1.23. The molecule has 104 valence electrons. The van der Waals surface area contributed by atoms with Crippen LogP contribution in [0.1, 0.15) is 24.1 Å². The van der Waals surface area contributed by atoms with Crippen molar-refractivity contribution in [3.63, 3.8) is 0 Å². The lowest BCUT2D eigenvalue weighted by atomic mass is 10.1. The Kier molecular flexibility index (Phi) is 4.74. The fourth-order valence-electron chi connectivity index (χ4n) is 2.01. The largest absolute Gasteiger partial charge is 0.349 e. The van der Waals surface area contributed by atoms with Crippen LogP contribution >= 0.6 is 11.6 Å². The normalized spacial score (nSPS) is 11.9. The van der Waals surface area contributed by atoms with Crippen molar-refractivity contribution in [3.8, 4) is 0 Å². The molecule has 0 heterocycles. The van der Waals surface area contributed by atoms with Crippen LogP contribution in [-0.2, 0) is 11.2 Å². The quantitative estimate of drug-likeness (QED) is 0.909. The van der Waals surface area contributed by atoms with Crippen LogP contribution in [-0.4, -0.2) is 5.91 Å². The topological polar surface area (TPSA) is 29.1 Å². The maximum absolute atomic E-state index is 13.5. The first-order valence-corrected chi connectivity index (χ1v) is 6.73. The van der Waals surface area contributed by atoms with Gasteiger partial charge in [-0.3, -0.25) is 4.79 Å². The van der Waals surface area contributed by atoms with Crippen LogP contribution in [0.15, 0.2) is 48.5 Å².